The van der Waals surface area contributed by atoms with Crippen molar-refractivity contribution in [1.82, 2.24) is 5.01 Å². The molecule has 0 fully saturated rings. The van der Waals surface area contributed by atoms with Crippen LogP contribution in [-0.2, 0) is 0 Å². The van der Waals surface area contributed by atoms with Crippen LogP contribution in [0.5, 0.6) is 28.7 Å². The Morgan fingerprint density at radius 1 is 1.03 bits per heavy atom. The Morgan fingerprint density at radius 2 is 1.83 bits per heavy atom. The molecule has 2 atom stereocenters. The van der Waals surface area contributed by atoms with Crippen molar-refractivity contribution in [1.29, 1.82) is 0 Å². The van der Waals surface area contributed by atoms with Gasteiger partial charge in [0.2, 0.25) is 13.0 Å². The van der Waals surface area contributed by atoms with E-state index in [1.807, 2.05) is 41.4 Å². The first-order valence-corrected chi connectivity index (χ1v) is 12.0. The predicted octanol–water partition coefficient (Wildman–Crippen LogP) is 5.14. The summed E-state index contributed by atoms with van der Waals surface area (Å²) >= 11 is 3.56. The molecule has 3 aliphatic heterocycles. The molecule has 1 N–H and O–H groups in total. The number of fused-ring (bicyclic) bond motifs is 4. The molecule has 3 aromatic rings. The SMILES string of the molecule is COc1ccc(C2Oc3ccc(Br)cc3C3CC(c4ccc5c(c4)OCO5)=NN32)c(C(=O)O)c1OC. The number of carbonyl (C=O) groups is 1. The van der Waals surface area contributed by atoms with Crippen LogP contribution in [0.25, 0.3) is 0 Å². The van der Waals surface area contributed by atoms with Crippen molar-refractivity contribution < 1.29 is 33.6 Å². The summed E-state index contributed by atoms with van der Waals surface area (Å²) in [7, 11) is 2.88. The summed E-state index contributed by atoms with van der Waals surface area (Å²) < 4.78 is 29.1. The van der Waals surface area contributed by atoms with E-state index >= 15 is 0 Å². The number of halogens is 1. The highest BCUT2D eigenvalue weighted by Gasteiger charge is 2.43. The van der Waals surface area contributed by atoms with Crippen molar-refractivity contribution in [2.75, 3.05) is 21.0 Å². The van der Waals surface area contributed by atoms with Gasteiger partial charge in [-0.2, -0.15) is 5.10 Å². The zero-order valence-electron chi connectivity index (χ0n) is 19.4. The third kappa shape index (κ3) is 3.51. The van der Waals surface area contributed by atoms with E-state index in [2.05, 4.69) is 15.9 Å². The molecule has 0 aliphatic carbocycles. The van der Waals surface area contributed by atoms with E-state index in [-0.39, 0.29) is 24.1 Å². The molecule has 3 aromatic carbocycles. The third-order valence-corrected chi connectivity index (χ3v) is 7.01. The van der Waals surface area contributed by atoms with Gasteiger partial charge in [0.05, 0.1) is 26.0 Å². The number of carboxylic acids is 1. The summed E-state index contributed by atoms with van der Waals surface area (Å²) in [6.07, 6.45) is -0.209. The highest BCUT2D eigenvalue weighted by molar-refractivity contribution is 9.10. The van der Waals surface area contributed by atoms with Crippen LogP contribution < -0.4 is 23.7 Å². The second-order valence-corrected chi connectivity index (χ2v) is 9.35. The van der Waals surface area contributed by atoms with Crippen molar-refractivity contribution in [3.63, 3.8) is 0 Å². The molecule has 6 rings (SSSR count). The summed E-state index contributed by atoms with van der Waals surface area (Å²) in [5.41, 5.74) is 3.06. The number of ether oxygens (including phenoxy) is 5. The minimum absolute atomic E-state index is 0.0344. The summed E-state index contributed by atoms with van der Waals surface area (Å²) in [6.45, 7) is 0.189. The normalized spacial score (nSPS) is 19.2. The van der Waals surface area contributed by atoms with Crippen LogP contribution in [-0.4, -0.2) is 42.8 Å². The van der Waals surface area contributed by atoms with Crippen LogP contribution in [0.1, 0.15) is 45.7 Å². The van der Waals surface area contributed by atoms with Crippen molar-refractivity contribution >= 4 is 27.6 Å². The van der Waals surface area contributed by atoms with Crippen LogP contribution in [0.4, 0.5) is 0 Å². The van der Waals surface area contributed by atoms with E-state index in [4.69, 9.17) is 28.8 Å². The van der Waals surface area contributed by atoms with Crippen LogP contribution in [0.3, 0.4) is 0 Å². The van der Waals surface area contributed by atoms with Crippen molar-refractivity contribution in [2.45, 2.75) is 18.7 Å². The summed E-state index contributed by atoms with van der Waals surface area (Å²) in [4.78, 5) is 12.4. The lowest BCUT2D eigenvalue weighted by Gasteiger charge is -2.38. The highest BCUT2D eigenvalue weighted by Crippen LogP contribution is 2.50. The number of hydrazone groups is 1. The Labute approximate surface area is 214 Å². The molecule has 0 saturated heterocycles. The molecule has 3 heterocycles. The Bertz CT molecular complexity index is 1420. The Balaban J connectivity index is 1.50. The summed E-state index contributed by atoms with van der Waals surface area (Å²) in [6, 6.07) is 14.7. The van der Waals surface area contributed by atoms with Gasteiger partial charge in [0, 0.05) is 27.6 Å². The van der Waals surface area contributed by atoms with E-state index in [1.54, 1.807) is 12.1 Å². The average Bonchev–Trinajstić information content (AvgIpc) is 3.54. The Morgan fingerprint density at radius 3 is 2.61 bits per heavy atom. The minimum Gasteiger partial charge on any atom is -0.493 e. The van der Waals surface area contributed by atoms with E-state index in [0.29, 0.717) is 35.0 Å². The predicted molar refractivity (Wildman–Crippen MR) is 132 cm³/mol. The molecular formula is C26H21BrN2O7. The minimum atomic E-state index is -1.15. The zero-order valence-corrected chi connectivity index (χ0v) is 20.9. The van der Waals surface area contributed by atoms with Gasteiger partial charge in [-0.1, -0.05) is 15.9 Å². The molecule has 3 aliphatic rings. The molecule has 0 radical (unpaired) electrons. The maximum absolute atomic E-state index is 12.4. The number of carboxylic acid groups (broad SMARTS) is 1. The zero-order chi connectivity index (χ0) is 25.0. The molecule has 0 saturated carbocycles. The van der Waals surface area contributed by atoms with Crippen LogP contribution in [0.2, 0.25) is 0 Å². The molecule has 10 heteroatoms. The van der Waals surface area contributed by atoms with Gasteiger partial charge in [-0.05, 0) is 48.5 Å². The first kappa shape index (κ1) is 22.5. The van der Waals surface area contributed by atoms with Gasteiger partial charge < -0.3 is 28.8 Å². The lowest BCUT2D eigenvalue weighted by atomic mass is 9.95. The lowest BCUT2D eigenvalue weighted by Crippen LogP contribution is -2.34. The van der Waals surface area contributed by atoms with Gasteiger partial charge in [0.1, 0.15) is 11.3 Å². The molecule has 0 spiro atoms. The number of methoxy groups -OCH3 is 2. The average molecular weight is 553 g/mol. The van der Waals surface area contributed by atoms with E-state index in [1.165, 1.54) is 14.2 Å². The molecule has 2 unspecified atom stereocenters. The van der Waals surface area contributed by atoms with Gasteiger partial charge in [0.15, 0.2) is 23.0 Å². The smallest absolute Gasteiger partial charge is 0.340 e. The van der Waals surface area contributed by atoms with Gasteiger partial charge >= 0.3 is 5.97 Å². The largest absolute Gasteiger partial charge is 0.493 e. The molecule has 9 nitrogen and oxygen atoms in total. The maximum Gasteiger partial charge on any atom is 0.340 e. The Hall–Kier alpha value is -3.92. The van der Waals surface area contributed by atoms with E-state index in [9.17, 15) is 9.90 Å². The lowest BCUT2D eigenvalue weighted by molar-refractivity contribution is -0.0199. The molecule has 0 amide bonds. The molecular weight excluding hydrogens is 532 g/mol. The number of nitrogens with zero attached hydrogens (tertiary/aromatic N) is 2. The molecule has 0 aromatic heterocycles. The maximum atomic E-state index is 12.4. The highest BCUT2D eigenvalue weighted by atomic mass is 79.9. The van der Waals surface area contributed by atoms with Gasteiger partial charge in [-0.25, -0.2) is 9.80 Å². The van der Waals surface area contributed by atoms with Crippen molar-refractivity contribution in [3.8, 4) is 28.7 Å². The van der Waals surface area contributed by atoms with Crippen LogP contribution >= 0.6 is 15.9 Å². The number of hydrogen-bond acceptors (Lipinski definition) is 8. The Kier molecular flexibility index (Phi) is 5.40. The van der Waals surface area contributed by atoms with Crippen molar-refractivity contribution in [3.05, 3.63) is 75.3 Å². The van der Waals surface area contributed by atoms with E-state index < -0.39 is 12.2 Å². The third-order valence-electron chi connectivity index (χ3n) is 6.52. The van der Waals surface area contributed by atoms with E-state index in [0.717, 1.165) is 21.3 Å². The molecule has 184 valence electrons. The van der Waals surface area contributed by atoms with Gasteiger partial charge in [0.25, 0.3) is 0 Å². The second-order valence-electron chi connectivity index (χ2n) is 8.44. The van der Waals surface area contributed by atoms with Gasteiger partial charge in [-0.3, -0.25) is 0 Å². The fourth-order valence-electron chi connectivity index (χ4n) is 4.88. The number of aromatic carboxylic acids is 1. The first-order valence-electron chi connectivity index (χ1n) is 11.2. The first-order chi connectivity index (χ1) is 17.5. The van der Waals surface area contributed by atoms with Crippen molar-refractivity contribution in [2.24, 2.45) is 5.10 Å². The second kappa shape index (κ2) is 8.63. The van der Waals surface area contributed by atoms with Crippen LogP contribution in [0, 0.1) is 0 Å². The molecule has 0 bridgehead atoms. The van der Waals surface area contributed by atoms with Gasteiger partial charge in [-0.15, -0.1) is 0 Å². The summed E-state index contributed by atoms with van der Waals surface area (Å²) in [5.74, 6) is 1.33. The number of hydrogen-bond donors (Lipinski definition) is 1. The summed E-state index contributed by atoms with van der Waals surface area (Å²) in [5, 5.41) is 16.9. The number of rotatable bonds is 5. The topological polar surface area (TPSA) is 99.1 Å². The standard InChI is InChI=1S/C26H21BrN2O7/c1-32-21-8-5-15(23(26(30)31)24(21)33-2)25-29-18(16-10-14(27)4-7-19(16)36-25)11-17(28-29)13-3-6-20-22(9-13)35-12-34-20/h3-10,18,25H,11-12H2,1-2H3,(H,30,31). The number of benzene rings is 3. The fraction of sp³-hybridized carbons (Fsp3) is 0.231. The molecule has 36 heavy (non-hydrogen) atoms. The monoisotopic (exact) mass is 552 g/mol. The quantitative estimate of drug-likeness (QED) is 0.464. The fourth-order valence-corrected chi connectivity index (χ4v) is 5.26. The van der Waals surface area contributed by atoms with Crippen LogP contribution in [0.15, 0.2) is 58.1 Å².